The van der Waals surface area contributed by atoms with Crippen LogP contribution in [0.2, 0.25) is 0 Å². The topological polar surface area (TPSA) is 49.6 Å². The molecule has 1 aliphatic rings. The van der Waals surface area contributed by atoms with E-state index in [0.717, 1.165) is 31.7 Å². The number of nitrogens with zero attached hydrogens (tertiary/aromatic N) is 2. The molecule has 4 heteroatoms. The lowest BCUT2D eigenvalue weighted by Crippen LogP contribution is -2.48. The summed E-state index contributed by atoms with van der Waals surface area (Å²) in [5.41, 5.74) is 8.20. The summed E-state index contributed by atoms with van der Waals surface area (Å²) in [5, 5.41) is 0. The number of hydrogen-bond donors (Lipinski definition) is 1. The van der Waals surface area contributed by atoms with Crippen molar-refractivity contribution >= 4 is 11.6 Å². The molecule has 98 valence electrons. The molecule has 1 heterocycles. The second-order valence-corrected chi connectivity index (χ2v) is 4.87. The summed E-state index contributed by atoms with van der Waals surface area (Å²) in [6, 6.07) is 8.47. The number of benzene rings is 1. The maximum atomic E-state index is 11.3. The molecular formula is C14H21N3O. The van der Waals surface area contributed by atoms with Crippen molar-refractivity contribution in [3.63, 3.8) is 0 Å². The molecule has 0 saturated carbocycles. The van der Waals surface area contributed by atoms with Gasteiger partial charge in [0.15, 0.2) is 0 Å². The Morgan fingerprint density at radius 3 is 2.17 bits per heavy atom. The summed E-state index contributed by atoms with van der Waals surface area (Å²) in [6.45, 7) is 7.04. The first-order valence-corrected chi connectivity index (χ1v) is 6.44. The maximum Gasteiger partial charge on any atom is 0.219 e. The monoisotopic (exact) mass is 247 g/mol. The molecule has 0 aliphatic carbocycles. The van der Waals surface area contributed by atoms with Crippen LogP contribution in [0.1, 0.15) is 25.5 Å². The summed E-state index contributed by atoms with van der Waals surface area (Å²) >= 11 is 0. The second-order valence-electron chi connectivity index (χ2n) is 4.87. The number of amides is 1. The average molecular weight is 247 g/mol. The van der Waals surface area contributed by atoms with Gasteiger partial charge in [-0.2, -0.15) is 0 Å². The Morgan fingerprint density at radius 1 is 1.17 bits per heavy atom. The number of carbonyl (C=O) groups excluding carboxylic acids is 1. The number of carbonyl (C=O) groups is 1. The molecular weight excluding hydrogens is 226 g/mol. The zero-order valence-corrected chi connectivity index (χ0v) is 11.1. The summed E-state index contributed by atoms with van der Waals surface area (Å²) < 4.78 is 0. The van der Waals surface area contributed by atoms with Crippen LogP contribution in [0.3, 0.4) is 0 Å². The number of rotatable bonds is 2. The van der Waals surface area contributed by atoms with Crippen molar-refractivity contribution in [3.8, 4) is 0 Å². The van der Waals surface area contributed by atoms with E-state index in [0.29, 0.717) is 0 Å². The molecule has 2 N–H and O–H groups in total. The van der Waals surface area contributed by atoms with Crippen molar-refractivity contribution in [2.75, 3.05) is 31.1 Å². The largest absolute Gasteiger partial charge is 0.368 e. The van der Waals surface area contributed by atoms with Gasteiger partial charge in [0.05, 0.1) is 0 Å². The van der Waals surface area contributed by atoms with Gasteiger partial charge in [-0.3, -0.25) is 4.79 Å². The van der Waals surface area contributed by atoms with Gasteiger partial charge in [0, 0.05) is 44.8 Å². The molecule has 1 fully saturated rings. The van der Waals surface area contributed by atoms with Crippen LogP contribution >= 0.6 is 0 Å². The van der Waals surface area contributed by atoms with Gasteiger partial charge in [-0.05, 0) is 24.6 Å². The van der Waals surface area contributed by atoms with Gasteiger partial charge in [-0.25, -0.2) is 0 Å². The molecule has 1 aromatic carbocycles. The van der Waals surface area contributed by atoms with Crippen LogP contribution < -0.4 is 10.6 Å². The molecule has 1 saturated heterocycles. The molecule has 1 atom stereocenters. The van der Waals surface area contributed by atoms with Crippen LogP contribution in [-0.4, -0.2) is 37.0 Å². The van der Waals surface area contributed by atoms with Crippen molar-refractivity contribution in [2.24, 2.45) is 5.73 Å². The molecule has 18 heavy (non-hydrogen) atoms. The van der Waals surface area contributed by atoms with Crippen LogP contribution in [-0.2, 0) is 4.79 Å². The molecule has 2 rings (SSSR count). The van der Waals surface area contributed by atoms with E-state index >= 15 is 0 Å². The van der Waals surface area contributed by atoms with Crippen molar-refractivity contribution in [2.45, 2.75) is 19.9 Å². The normalized spacial score (nSPS) is 17.7. The van der Waals surface area contributed by atoms with Crippen LogP contribution in [0.5, 0.6) is 0 Å². The fourth-order valence-corrected chi connectivity index (χ4v) is 2.27. The smallest absolute Gasteiger partial charge is 0.219 e. The lowest BCUT2D eigenvalue weighted by atomic mass is 10.1. The predicted octanol–water partition coefficient (Wildman–Crippen LogP) is 1.37. The lowest BCUT2D eigenvalue weighted by molar-refractivity contribution is -0.129. The zero-order valence-electron chi connectivity index (χ0n) is 11.1. The van der Waals surface area contributed by atoms with Crippen LogP contribution in [0.25, 0.3) is 0 Å². The highest BCUT2D eigenvalue weighted by Crippen LogP contribution is 2.19. The van der Waals surface area contributed by atoms with E-state index < -0.39 is 0 Å². The molecule has 1 amide bonds. The molecule has 0 radical (unpaired) electrons. The number of hydrogen-bond acceptors (Lipinski definition) is 3. The minimum absolute atomic E-state index is 0.0774. The van der Waals surface area contributed by atoms with E-state index in [1.807, 2.05) is 11.8 Å². The van der Waals surface area contributed by atoms with Gasteiger partial charge in [0.2, 0.25) is 5.91 Å². The highest BCUT2D eigenvalue weighted by molar-refractivity contribution is 5.73. The molecule has 1 aromatic rings. The first-order chi connectivity index (χ1) is 8.58. The molecule has 0 bridgehead atoms. The van der Waals surface area contributed by atoms with E-state index in [1.54, 1.807) is 6.92 Å². The Balaban J connectivity index is 1.99. The third-order valence-corrected chi connectivity index (χ3v) is 3.51. The van der Waals surface area contributed by atoms with Crippen LogP contribution in [0.15, 0.2) is 24.3 Å². The van der Waals surface area contributed by atoms with Crippen molar-refractivity contribution in [3.05, 3.63) is 29.8 Å². The summed E-state index contributed by atoms with van der Waals surface area (Å²) in [7, 11) is 0. The highest BCUT2D eigenvalue weighted by atomic mass is 16.2. The van der Waals surface area contributed by atoms with E-state index in [2.05, 4.69) is 29.2 Å². The standard InChI is InChI=1S/C14H21N3O/c1-11(15)13-3-5-14(6-4-13)17-9-7-16(8-10-17)12(2)18/h3-6,11H,7-10,15H2,1-2H3/t11-/m0/s1. The fourth-order valence-electron chi connectivity index (χ4n) is 2.27. The molecule has 0 spiro atoms. The molecule has 0 aromatic heterocycles. The average Bonchev–Trinajstić information content (AvgIpc) is 2.39. The Kier molecular flexibility index (Phi) is 3.87. The number of nitrogens with two attached hydrogens (primary N) is 1. The van der Waals surface area contributed by atoms with Gasteiger partial charge in [-0.15, -0.1) is 0 Å². The van der Waals surface area contributed by atoms with Gasteiger partial charge < -0.3 is 15.5 Å². The van der Waals surface area contributed by atoms with Crippen molar-refractivity contribution < 1.29 is 4.79 Å². The number of anilines is 1. The maximum absolute atomic E-state index is 11.3. The Hall–Kier alpha value is -1.55. The minimum atomic E-state index is 0.0774. The Morgan fingerprint density at radius 2 is 1.72 bits per heavy atom. The van der Waals surface area contributed by atoms with Gasteiger partial charge >= 0.3 is 0 Å². The summed E-state index contributed by atoms with van der Waals surface area (Å²) in [5.74, 6) is 0.168. The van der Waals surface area contributed by atoms with E-state index in [1.165, 1.54) is 5.69 Å². The van der Waals surface area contributed by atoms with Crippen molar-refractivity contribution in [1.82, 2.24) is 4.90 Å². The van der Waals surface area contributed by atoms with Gasteiger partial charge in [-0.1, -0.05) is 12.1 Å². The molecule has 1 aliphatic heterocycles. The minimum Gasteiger partial charge on any atom is -0.368 e. The third-order valence-electron chi connectivity index (χ3n) is 3.51. The van der Waals surface area contributed by atoms with Gasteiger partial charge in [0.1, 0.15) is 0 Å². The van der Waals surface area contributed by atoms with E-state index in [-0.39, 0.29) is 11.9 Å². The first kappa shape index (κ1) is 12.9. The van der Waals surface area contributed by atoms with E-state index in [4.69, 9.17) is 5.73 Å². The molecule has 0 unspecified atom stereocenters. The zero-order chi connectivity index (χ0) is 13.1. The summed E-state index contributed by atoms with van der Waals surface area (Å²) in [6.07, 6.45) is 0. The van der Waals surface area contributed by atoms with Gasteiger partial charge in [0.25, 0.3) is 0 Å². The quantitative estimate of drug-likeness (QED) is 0.859. The fraction of sp³-hybridized carbons (Fsp3) is 0.500. The Labute approximate surface area is 108 Å². The predicted molar refractivity (Wildman–Crippen MR) is 73.5 cm³/mol. The SMILES string of the molecule is CC(=O)N1CCN(c2ccc([C@H](C)N)cc2)CC1. The lowest BCUT2D eigenvalue weighted by Gasteiger charge is -2.35. The second kappa shape index (κ2) is 5.40. The third kappa shape index (κ3) is 2.82. The van der Waals surface area contributed by atoms with Crippen molar-refractivity contribution in [1.29, 1.82) is 0 Å². The van der Waals surface area contributed by atoms with Crippen LogP contribution in [0, 0.1) is 0 Å². The molecule has 4 nitrogen and oxygen atoms in total. The van der Waals surface area contributed by atoms with Crippen LogP contribution in [0.4, 0.5) is 5.69 Å². The highest BCUT2D eigenvalue weighted by Gasteiger charge is 2.18. The first-order valence-electron chi connectivity index (χ1n) is 6.44. The number of piperazine rings is 1. The Bertz CT molecular complexity index is 406. The summed E-state index contributed by atoms with van der Waals surface area (Å²) in [4.78, 5) is 15.5. The van der Waals surface area contributed by atoms with E-state index in [9.17, 15) is 4.79 Å².